The molecule has 0 aliphatic rings. The van der Waals surface area contributed by atoms with Gasteiger partial charge in [-0.05, 0) is 48.9 Å². The Kier molecular flexibility index (Phi) is 10.6. The van der Waals surface area contributed by atoms with E-state index in [-0.39, 0.29) is 35.4 Å². The second-order valence-corrected chi connectivity index (χ2v) is 9.06. The summed E-state index contributed by atoms with van der Waals surface area (Å²) in [7, 11) is -2.28. The molecule has 0 saturated carbocycles. The van der Waals surface area contributed by atoms with Crippen LogP contribution in [-0.2, 0) is 24.3 Å². The fraction of sp³-hybridized carbons (Fsp3) is 0.364. The van der Waals surface area contributed by atoms with Crippen LogP contribution in [0.2, 0.25) is 5.02 Å². The third-order valence-corrected chi connectivity index (χ3v) is 6.06. The van der Waals surface area contributed by atoms with Crippen molar-refractivity contribution in [3.8, 4) is 5.75 Å². The molecule has 9 nitrogen and oxygen atoms in total. The molecule has 0 saturated heterocycles. The highest BCUT2D eigenvalue weighted by Gasteiger charge is 2.16. The predicted octanol–water partition coefficient (Wildman–Crippen LogP) is 3.24. The maximum atomic E-state index is 12.2. The van der Waals surface area contributed by atoms with Gasteiger partial charge in [-0.3, -0.25) is 4.79 Å². The van der Waals surface area contributed by atoms with Gasteiger partial charge in [-0.1, -0.05) is 24.9 Å². The number of anilines is 1. The number of sulfonamides is 1. The van der Waals surface area contributed by atoms with Crippen molar-refractivity contribution < 1.29 is 32.2 Å². The highest BCUT2D eigenvalue weighted by atomic mass is 35.5. The number of unbranched alkanes of at least 4 members (excludes halogenated alkanes) is 1. The van der Waals surface area contributed by atoms with Crippen LogP contribution in [0.1, 0.15) is 30.1 Å². The van der Waals surface area contributed by atoms with E-state index in [1.807, 2.05) is 6.92 Å². The van der Waals surface area contributed by atoms with Crippen LogP contribution in [0.3, 0.4) is 0 Å². The first-order chi connectivity index (χ1) is 15.8. The first-order valence-electron chi connectivity index (χ1n) is 10.2. The lowest BCUT2D eigenvalue weighted by Crippen LogP contribution is -2.27. The molecule has 0 heterocycles. The molecule has 1 amide bonds. The van der Waals surface area contributed by atoms with Gasteiger partial charge in [0.1, 0.15) is 5.75 Å². The molecule has 0 aromatic heterocycles. The summed E-state index contributed by atoms with van der Waals surface area (Å²) in [6.07, 6.45) is 1.73. The van der Waals surface area contributed by atoms with Crippen molar-refractivity contribution in [3.05, 3.63) is 53.1 Å². The lowest BCUT2D eigenvalue weighted by atomic mass is 10.2. The molecule has 11 heteroatoms. The highest BCUT2D eigenvalue weighted by Crippen LogP contribution is 2.27. The molecule has 0 bridgehead atoms. The van der Waals surface area contributed by atoms with E-state index in [1.54, 1.807) is 24.3 Å². The zero-order valence-corrected chi connectivity index (χ0v) is 20.0. The Bertz CT molecular complexity index is 1040. The number of nitrogens with one attached hydrogen (secondary N) is 2. The maximum absolute atomic E-state index is 12.2. The first-order valence-corrected chi connectivity index (χ1v) is 12.1. The van der Waals surface area contributed by atoms with Gasteiger partial charge in [0.25, 0.3) is 5.91 Å². The van der Waals surface area contributed by atoms with Gasteiger partial charge in [0, 0.05) is 19.3 Å². The molecule has 0 unspecified atom stereocenters. The zero-order chi connectivity index (χ0) is 24.3. The second kappa shape index (κ2) is 13.1. The second-order valence-electron chi connectivity index (χ2n) is 6.89. The molecule has 2 aromatic carbocycles. The van der Waals surface area contributed by atoms with Crippen molar-refractivity contribution in [2.75, 3.05) is 38.8 Å². The number of rotatable bonds is 13. The van der Waals surface area contributed by atoms with Crippen molar-refractivity contribution in [2.45, 2.75) is 24.7 Å². The summed E-state index contributed by atoms with van der Waals surface area (Å²) in [6.45, 7) is 2.38. The van der Waals surface area contributed by atoms with Crippen LogP contribution in [0.4, 0.5) is 5.69 Å². The van der Waals surface area contributed by atoms with Crippen LogP contribution in [-0.4, -0.2) is 53.8 Å². The van der Waals surface area contributed by atoms with Crippen LogP contribution in [0.5, 0.6) is 5.75 Å². The Morgan fingerprint density at radius 1 is 1.06 bits per heavy atom. The average molecular weight is 499 g/mol. The molecular weight excluding hydrogens is 472 g/mol. The summed E-state index contributed by atoms with van der Waals surface area (Å²) in [5, 5.41) is 2.68. The van der Waals surface area contributed by atoms with Gasteiger partial charge in [-0.25, -0.2) is 17.9 Å². The lowest BCUT2D eigenvalue weighted by molar-refractivity contribution is -0.118. The third kappa shape index (κ3) is 8.65. The lowest BCUT2D eigenvalue weighted by Gasteiger charge is -2.11. The third-order valence-electron chi connectivity index (χ3n) is 4.31. The number of methoxy groups -OCH3 is 1. The van der Waals surface area contributed by atoms with Gasteiger partial charge in [0.2, 0.25) is 10.0 Å². The van der Waals surface area contributed by atoms with Crippen LogP contribution in [0.15, 0.2) is 47.4 Å². The molecular formula is C22H27ClN2O7S. The summed E-state index contributed by atoms with van der Waals surface area (Å²) in [6, 6.07) is 10.2. The number of carbonyl (C=O) groups is 2. The van der Waals surface area contributed by atoms with Crippen molar-refractivity contribution >= 4 is 39.2 Å². The minimum absolute atomic E-state index is 0.0336. The SMILES string of the molecule is CCCCOC(=O)c1ccc(NC(=O)COc2ccc(S(=O)(=O)NCCOC)cc2Cl)cc1. The molecule has 0 radical (unpaired) electrons. The van der Waals surface area contributed by atoms with Gasteiger partial charge in [0.05, 0.1) is 28.7 Å². The molecule has 2 aromatic rings. The zero-order valence-electron chi connectivity index (χ0n) is 18.4. The van der Waals surface area contributed by atoms with Gasteiger partial charge in [-0.2, -0.15) is 0 Å². The number of halogens is 1. The molecule has 2 N–H and O–H groups in total. The number of benzene rings is 2. The van der Waals surface area contributed by atoms with Gasteiger partial charge >= 0.3 is 5.97 Å². The van der Waals surface area contributed by atoms with E-state index in [1.165, 1.54) is 25.3 Å². The normalized spacial score (nSPS) is 11.1. The smallest absolute Gasteiger partial charge is 0.338 e. The molecule has 0 atom stereocenters. The topological polar surface area (TPSA) is 120 Å². The van der Waals surface area contributed by atoms with E-state index < -0.39 is 21.9 Å². The number of hydrogen-bond donors (Lipinski definition) is 2. The van der Waals surface area contributed by atoms with Gasteiger partial charge in [-0.15, -0.1) is 0 Å². The summed E-state index contributed by atoms with van der Waals surface area (Å²) in [4.78, 5) is 24.0. The Balaban J connectivity index is 1.88. The molecule has 0 aliphatic carbocycles. The summed E-state index contributed by atoms with van der Waals surface area (Å²) in [5.41, 5.74) is 0.863. The Labute approximate surface area is 198 Å². The standard InChI is InChI=1S/C22H27ClN2O7S/c1-3-4-12-31-22(27)16-5-7-17(8-6-16)25-21(26)15-32-20-10-9-18(14-19(20)23)33(28,29)24-11-13-30-2/h5-10,14,24H,3-4,11-13,15H2,1-2H3,(H,25,26). The fourth-order valence-corrected chi connectivity index (χ4v) is 3.89. The van der Waals surface area contributed by atoms with Crippen molar-refractivity contribution in [2.24, 2.45) is 0 Å². The van der Waals surface area contributed by atoms with Crippen LogP contribution < -0.4 is 14.8 Å². The number of amides is 1. The van der Waals surface area contributed by atoms with E-state index in [0.717, 1.165) is 12.8 Å². The largest absolute Gasteiger partial charge is 0.482 e. The molecule has 2 rings (SSSR count). The summed E-state index contributed by atoms with van der Waals surface area (Å²) < 4.78 is 42.2. The number of carbonyl (C=O) groups excluding carboxylic acids is 2. The van der Waals surface area contributed by atoms with Crippen LogP contribution in [0, 0.1) is 0 Å². The number of esters is 1. The molecule has 0 aliphatic heterocycles. The first kappa shape index (κ1) is 26.6. The number of hydrogen-bond acceptors (Lipinski definition) is 7. The predicted molar refractivity (Wildman–Crippen MR) is 124 cm³/mol. The van der Waals surface area contributed by atoms with E-state index in [9.17, 15) is 18.0 Å². The summed E-state index contributed by atoms with van der Waals surface area (Å²) in [5.74, 6) is -0.714. The van der Waals surface area contributed by atoms with E-state index in [0.29, 0.717) is 17.9 Å². The Morgan fingerprint density at radius 2 is 1.79 bits per heavy atom. The van der Waals surface area contributed by atoms with Crippen LogP contribution in [0.25, 0.3) is 0 Å². The van der Waals surface area contributed by atoms with Crippen molar-refractivity contribution in [3.63, 3.8) is 0 Å². The quantitative estimate of drug-likeness (QED) is 0.321. The van der Waals surface area contributed by atoms with E-state index in [4.69, 9.17) is 25.8 Å². The Morgan fingerprint density at radius 3 is 2.42 bits per heavy atom. The van der Waals surface area contributed by atoms with Crippen molar-refractivity contribution in [1.82, 2.24) is 4.72 Å². The maximum Gasteiger partial charge on any atom is 0.338 e. The average Bonchev–Trinajstić information content (AvgIpc) is 2.79. The highest BCUT2D eigenvalue weighted by molar-refractivity contribution is 7.89. The fourth-order valence-electron chi connectivity index (χ4n) is 2.55. The molecule has 0 spiro atoms. The van der Waals surface area contributed by atoms with E-state index in [2.05, 4.69) is 10.0 Å². The van der Waals surface area contributed by atoms with Gasteiger partial charge in [0.15, 0.2) is 6.61 Å². The van der Waals surface area contributed by atoms with Crippen molar-refractivity contribution in [1.29, 1.82) is 0 Å². The van der Waals surface area contributed by atoms with Crippen LogP contribution >= 0.6 is 11.6 Å². The summed E-state index contributed by atoms with van der Waals surface area (Å²) >= 11 is 6.12. The Hall–Kier alpha value is -2.66. The molecule has 180 valence electrons. The minimum atomic E-state index is -3.74. The number of ether oxygens (including phenoxy) is 3. The monoisotopic (exact) mass is 498 g/mol. The van der Waals surface area contributed by atoms with E-state index >= 15 is 0 Å². The molecule has 33 heavy (non-hydrogen) atoms. The minimum Gasteiger partial charge on any atom is -0.482 e. The van der Waals surface area contributed by atoms with Gasteiger partial charge < -0.3 is 19.5 Å². The molecule has 0 fully saturated rings.